The van der Waals surface area contributed by atoms with Crippen LogP contribution in [0.1, 0.15) is 24.5 Å². The summed E-state index contributed by atoms with van der Waals surface area (Å²) < 4.78 is 0. The fraction of sp³-hybridized carbons (Fsp3) is 0.263. The maximum absolute atomic E-state index is 12.1. The molecule has 0 spiro atoms. The van der Waals surface area contributed by atoms with Crippen LogP contribution >= 0.6 is 0 Å². The first-order chi connectivity index (χ1) is 11.5. The van der Waals surface area contributed by atoms with Gasteiger partial charge in [0.2, 0.25) is 11.8 Å². The molecular weight excluding hydrogens is 304 g/mol. The number of amides is 2. The topological polar surface area (TPSA) is 69.6 Å². The van der Waals surface area contributed by atoms with Gasteiger partial charge in [-0.2, -0.15) is 0 Å². The number of nitrogens with one attached hydrogen (secondary N) is 1. The molecule has 0 aromatic heterocycles. The van der Waals surface area contributed by atoms with Gasteiger partial charge in [-0.1, -0.05) is 18.2 Å². The molecule has 2 aromatic rings. The third-order valence-electron chi connectivity index (χ3n) is 4.25. The second-order valence-electron chi connectivity index (χ2n) is 5.94. The number of aryl methyl sites for hydroxylation is 1. The van der Waals surface area contributed by atoms with Crippen LogP contribution < -0.4 is 10.2 Å². The van der Waals surface area contributed by atoms with Crippen molar-refractivity contribution in [2.24, 2.45) is 0 Å². The van der Waals surface area contributed by atoms with Crippen molar-refractivity contribution < 1.29 is 14.7 Å². The lowest BCUT2D eigenvalue weighted by Gasteiger charge is -2.15. The standard InChI is InChI=1S/C19H20N2O3/c1-13(22)21-11-10-15-12-16(7-8-17(15)21)20-19(24)9-6-14-4-2-3-5-18(14)23/h2-5,7-8,12,23H,6,9-11H2,1H3,(H,20,24). The molecule has 124 valence electrons. The van der Waals surface area contributed by atoms with Crippen molar-refractivity contribution in [3.8, 4) is 5.75 Å². The predicted octanol–water partition coefficient (Wildman–Crippen LogP) is 2.87. The minimum absolute atomic E-state index is 0.0354. The molecule has 24 heavy (non-hydrogen) atoms. The van der Waals surface area contributed by atoms with Crippen LogP contribution in [0.2, 0.25) is 0 Å². The summed E-state index contributed by atoms with van der Waals surface area (Å²) in [6.07, 6.45) is 1.59. The lowest BCUT2D eigenvalue weighted by Crippen LogP contribution is -2.25. The van der Waals surface area contributed by atoms with E-state index in [9.17, 15) is 14.7 Å². The van der Waals surface area contributed by atoms with Gasteiger partial charge in [-0.05, 0) is 48.2 Å². The first kappa shape index (κ1) is 16.1. The Kier molecular flexibility index (Phi) is 4.51. The van der Waals surface area contributed by atoms with Gasteiger partial charge >= 0.3 is 0 Å². The molecule has 0 saturated heterocycles. The molecule has 0 saturated carbocycles. The third kappa shape index (κ3) is 3.40. The maximum atomic E-state index is 12.1. The van der Waals surface area contributed by atoms with Crippen molar-refractivity contribution in [1.29, 1.82) is 0 Å². The van der Waals surface area contributed by atoms with Crippen molar-refractivity contribution in [3.05, 3.63) is 53.6 Å². The Labute approximate surface area is 140 Å². The Hall–Kier alpha value is -2.82. The van der Waals surface area contributed by atoms with Gasteiger partial charge in [-0.25, -0.2) is 0 Å². The molecule has 1 aliphatic rings. The van der Waals surface area contributed by atoms with Gasteiger partial charge in [0.25, 0.3) is 0 Å². The highest BCUT2D eigenvalue weighted by Crippen LogP contribution is 2.30. The van der Waals surface area contributed by atoms with Crippen LogP contribution in [-0.4, -0.2) is 23.5 Å². The molecule has 0 aliphatic carbocycles. The highest BCUT2D eigenvalue weighted by molar-refractivity contribution is 5.95. The largest absolute Gasteiger partial charge is 0.508 e. The average Bonchev–Trinajstić information content (AvgIpc) is 2.97. The lowest BCUT2D eigenvalue weighted by molar-refractivity contribution is -0.117. The van der Waals surface area contributed by atoms with Crippen molar-refractivity contribution in [2.75, 3.05) is 16.8 Å². The van der Waals surface area contributed by atoms with Crippen LogP contribution in [0.25, 0.3) is 0 Å². The summed E-state index contributed by atoms with van der Waals surface area (Å²) in [5.41, 5.74) is 3.50. The number of hydrogen-bond acceptors (Lipinski definition) is 3. The molecule has 0 unspecified atom stereocenters. The molecule has 2 aromatic carbocycles. The van der Waals surface area contributed by atoms with E-state index in [2.05, 4.69) is 5.32 Å². The van der Waals surface area contributed by atoms with Gasteiger partial charge in [-0.3, -0.25) is 9.59 Å². The SMILES string of the molecule is CC(=O)N1CCc2cc(NC(=O)CCc3ccccc3O)ccc21. The van der Waals surface area contributed by atoms with Gasteiger partial charge in [0.05, 0.1) is 0 Å². The summed E-state index contributed by atoms with van der Waals surface area (Å²) >= 11 is 0. The van der Waals surface area contributed by atoms with E-state index in [4.69, 9.17) is 0 Å². The number of phenols is 1. The Bertz CT molecular complexity index is 786. The summed E-state index contributed by atoms with van der Waals surface area (Å²) in [5, 5.41) is 12.6. The fourth-order valence-corrected chi connectivity index (χ4v) is 3.00. The Morgan fingerprint density at radius 2 is 2.00 bits per heavy atom. The van der Waals surface area contributed by atoms with Crippen LogP contribution in [0.15, 0.2) is 42.5 Å². The minimum atomic E-state index is -0.0976. The molecule has 5 nitrogen and oxygen atoms in total. The summed E-state index contributed by atoms with van der Waals surface area (Å²) in [5.74, 6) is 0.153. The second kappa shape index (κ2) is 6.74. The van der Waals surface area contributed by atoms with Gasteiger partial charge in [0, 0.05) is 31.3 Å². The minimum Gasteiger partial charge on any atom is -0.508 e. The predicted molar refractivity (Wildman–Crippen MR) is 93.2 cm³/mol. The van der Waals surface area contributed by atoms with Gasteiger partial charge in [-0.15, -0.1) is 0 Å². The van der Waals surface area contributed by atoms with Crippen LogP contribution in [0.5, 0.6) is 5.75 Å². The zero-order valence-electron chi connectivity index (χ0n) is 13.6. The van der Waals surface area contributed by atoms with E-state index in [0.717, 1.165) is 28.9 Å². The summed E-state index contributed by atoms with van der Waals surface area (Å²) in [6.45, 7) is 2.25. The number of carbonyl (C=O) groups excluding carboxylic acids is 2. The number of anilines is 2. The molecule has 1 aliphatic heterocycles. The van der Waals surface area contributed by atoms with Crippen molar-refractivity contribution in [1.82, 2.24) is 0 Å². The number of aromatic hydroxyl groups is 1. The van der Waals surface area contributed by atoms with Crippen molar-refractivity contribution in [3.63, 3.8) is 0 Å². The van der Waals surface area contributed by atoms with E-state index in [1.165, 1.54) is 0 Å². The number of carbonyl (C=O) groups is 2. The van der Waals surface area contributed by atoms with Gasteiger partial charge in [0.15, 0.2) is 0 Å². The van der Waals surface area contributed by atoms with Gasteiger partial charge < -0.3 is 15.3 Å². The lowest BCUT2D eigenvalue weighted by atomic mass is 10.1. The van der Waals surface area contributed by atoms with Crippen LogP contribution in [0.4, 0.5) is 11.4 Å². The zero-order chi connectivity index (χ0) is 17.1. The number of benzene rings is 2. The fourth-order valence-electron chi connectivity index (χ4n) is 3.00. The molecule has 0 radical (unpaired) electrons. The highest BCUT2D eigenvalue weighted by Gasteiger charge is 2.22. The molecule has 2 N–H and O–H groups in total. The van der Waals surface area contributed by atoms with E-state index < -0.39 is 0 Å². The molecular formula is C19H20N2O3. The quantitative estimate of drug-likeness (QED) is 0.908. The number of para-hydroxylation sites is 1. The van der Waals surface area contributed by atoms with E-state index in [1.807, 2.05) is 30.3 Å². The Morgan fingerprint density at radius 3 is 2.75 bits per heavy atom. The average molecular weight is 324 g/mol. The Morgan fingerprint density at radius 1 is 1.21 bits per heavy atom. The first-order valence-corrected chi connectivity index (χ1v) is 8.02. The molecule has 0 bridgehead atoms. The summed E-state index contributed by atoms with van der Waals surface area (Å²) in [4.78, 5) is 25.4. The molecule has 1 heterocycles. The maximum Gasteiger partial charge on any atom is 0.224 e. The van der Waals surface area contributed by atoms with E-state index in [0.29, 0.717) is 19.4 Å². The van der Waals surface area contributed by atoms with Gasteiger partial charge in [0.1, 0.15) is 5.75 Å². The summed E-state index contributed by atoms with van der Waals surface area (Å²) in [7, 11) is 0. The number of hydrogen-bond donors (Lipinski definition) is 2. The number of phenolic OH excluding ortho intramolecular Hbond substituents is 1. The van der Waals surface area contributed by atoms with Crippen LogP contribution in [0, 0.1) is 0 Å². The third-order valence-corrected chi connectivity index (χ3v) is 4.25. The molecule has 5 heteroatoms. The van der Waals surface area contributed by atoms with Crippen LogP contribution in [-0.2, 0) is 22.4 Å². The first-order valence-electron chi connectivity index (χ1n) is 8.02. The monoisotopic (exact) mass is 324 g/mol. The van der Waals surface area contributed by atoms with Crippen molar-refractivity contribution in [2.45, 2.75) is 26.2 Å². The van der Waals surface area contributed by atoms with Crippen LogP contribution in [0.3, 0.4) is 0 Å². The van der Waals surface area contributed by atoms with Crippen molar-refractivity contribution >= 4 is 23.2 Å². The number of nitrogens with zero attached hydrogens (tertiary/aromatic N) is 1. The number of rotatable bonds is 4. The second-order valence-corrected chi connectivity index (χ2v) is 5.94. The number of fused-ring (bicyclic) bond motifs is 1. The smallest absolute Gasteiger partial charge is 0.224 e. The highest BCUT2D eigenvalue weighted by atomic mass is 16.3. The normalized spacial score (nSPS) is 12.8. The Balaban J connectivity index is 1.61. The molecule has 2 amide bonds. The zero-order valence-corrected chi connectivity index (χ0v) is 13.6. The molecule has 0 atom stereocenters. The van der Waals surface area contributed by atoms with E-state index in [1.54, 1.807) is 24.0 Å². The molecule has 3 rings (SSSR count). The summed E-state index contributed by atoms with van der Waals surface area (Å²) in [6, 6.07) is 12.7. The van der Waals surface area contributed by atoms with E-state index >= 15 is 0 Å². The molecule has 0 fully saturated rings. The van der Waals surface area contributed by atoms with E-state index in [-0.39, 0.29) is 17.6 Å².